The molecule has 0 aromatic heterocycles. The quantitative estimate of drug-likeness (QED) is 0.0261. The Morgan fingerprint density at radius 3 is 0.750 bits per heavy atom. The molecule has 0 aromatic rings. The second-order valence-electron chi connectivity index (χ2n) is 23.1. The van der Waals surface area contributed by atoms with E-state index in [1.807, 2.05) is 0 Å². The fraction of sp³-hybridized carbons (Fsp3) is 0.770. The molecule has 1 atom stereocenters. The zero-order chi connectivity index (χ0) is 57.8. The van der Waals surface area contributed by atoms with Gasteiger partial charge in [0, 0.05) is 19.3 Å². The lowest BCUT2D eigenvalue weighted by atomic mass is 10.0. The van der Waals surface area contributed by atoms with Crippen molar-refractivity contribution < 1.29 is 28.6 Å². The average molecular weight is 1120 g/mol. The van der Waals surface area contributed by atoms with Gasteiger partial charge in [0.1, 0.15) is 13.2 Å². The first-order chi connectivity index (χ1) is 39.5. The molecule has 0 amide bonds. The highest BCUT2D eigenvalue weighted by molar-refractivity contribution is 5.71. The SMILES string of the molecule is CC/C=C\C/C=C\C/C=C\C/C=C\C/C=C\C/C=C\C/C=C\CCCC(=O)OC(COC(=O)CCCCCCCC)COC(=O)CCCCCCCCCCCCCCCCCCCCCCCCCCCCCCCCCCC. The Morgan fingerprint density at radius 2 is 0.487 bits per heavy atom. The highest BCUT2D eigenvalue weighted by Gasteiger charge is 2.19. The number of ether oxygens (including phenoxy) is 3. The Bertz CT molecular complexity index is 1520. The van der Waals surface area contributed by atoms with Crippen molar-refractivity contribution in [2.75, 3.05) is 13.2 Å². The molecule has 1 unspecified atom stereocenters. The molecule has 0 bridgehead atoms. The predicted octanol–water partition coefficient (Wildman–Crippen LogP) is 23.8. The molecule has 0 aromatic carbocycles. The summed E-state index contributed by atoms with van der Waals surface area (Å²) in [5.41, 5.74) is 0. The van der Waals surface area contributed by atoms with Crippen LogP contribution in [0.2, 0.25) is 0 Å². The summed E-state index contributed by atoms with van der Waals surface area (Å²) >= 11 is 0. The molecule has 0 rings (SSSR count). The highest BCUT2D eigenvalue weighted by Crippen LogP contribution is 2.18. The first-order valence-electron chi connectivity index (χ1n) is 34.6. The maximum absolute atomic E-state index is 12.8. The van der Waals surface area contributed by atoms with E-state index >= 15 is 0 Å². The third kappa shape index (κ3) is 65.4. The summed E-state index contributed by atoms with van der Waals surface area (Å²) in [5.74, 6) is -0.955. The van der Waals surface area contributed by atoms with Gasteiger partial charge in [-0.2, -0.15) is 0 Å². The molecule has 80 heavy (non-hydrogen) atoms. The minimum Gasteiger partial charge on any atom is -0.462 e. The van der Waals surface area contributed by atoms with Gasteiger partial charge in [-0.3, -0.25) is 14.4 Å². The minimum atomic E-state index is -0.804. The molecular formula is C74H130O6. The lowest BCUT2D eigenvalue weighted by Gasteiger charge is -2.18. The van der Waals surface area contributed by atoms with E-state index < -0.39 is 6.10 Å². The number of esters is 3. The van der Waals surface area contributed by atoms with Gasteiger partial charge in [-0.25, -0.2) is 0 Å². The largest absolute Gasteiger partial charge is 0.462 e. The smallest absolute Gasteiger partial charge is 0.306 e. The molecule has 0 aliphatic carbocycles. The van der Waals surface area contributed by atoms with Crippen molar-refractivity contribution in [2.24, 2.45) is 0 Å². The van der Waals surface area contributed by atoms with Crippen LogP contribution in [0.1, 0.15) is 348 Å². The zero-order valence-electron chi connectivity index (χ0n) is 53.1. The van der Waals surface area contributed by atoms with Crippen molar-refractivity contribution in [2.45, 2.75) is 354 Å². The summed E-state index contributed by atoms with van der Waals surface area (Å²) in [7, 11) is 0. The Hall–Kier alpha value is -3.41. The Balaban J connectivity index is 4.04. The number of unbranched alkanes of at least 4 members (excludes halogenated alkanes) is 38. The van der Waals surface area contributed by atoms with Gasteiger partial charge in [0.15, 0.2) is 6.10 Å². The van der Waals surface area contributed by atoms with Gasteiger partial charge in [-0.15, -0.1) is 0 Å². The molecular weight excluding hydrogens is 985 g/mol. The molecule has 0 radical (unpaired) electrons. The molecule has 0 aliphatic heterocycles. The summed E-state index contributed by atoms with van der Waals surface area (Å²) in [4.78, 5) is 38.0. The molecule has 0 spiro atoms. The summed E-state index contributed by atoms with van der Waals surface area (Å²) in [5, 5.41) is 0. The van der Waals surface area contributed by atoms with Crippen molar-refractivity contribution in [3.05, 3.63) is 85.1 Å². The third-order valence-electron chi connectivity index (χ3n) is 15.2. The number of carbonyl (C=O) groups is 3. The molecule has 0 saturated carbocycles. The summed E-state index contributed by atoms with van der Waals surface area (Å²) in [6, 6.07) is 0. The van der Waals surface area contributed by atoms with Gasteiger partial charge in [-0.1, -0.05) is 343 Å². The van der Waals surface area contributed by atoms with Crippen LogP contribution in [0.25, 0.3) is 0 Å². The van der Waals surface area contributed by atoms with E-state index in [1.165, 1.54) is 212 Å². The Kier molecular flexibility index (Phi) is 65.2. The van der Waals surface area contributed by atoms with Gasteiger partial charge in [0.05, 0.1) is 0 Å². The van der Waals surface area contributed by atoms with Crippen LogP contribution in [-0.2, 0) is 28.6 Å². The van der Waals surface area contributed by atoms with Crippen LogP contribution >= 0.6 is 0 Å². The second-order valence-corrected chi connectivity index (χ2v) is 23.1. The molecule has 6 heteroatoms. The van der Waals surface area contributed by atoms with Crippen LogP contribution in [0.5, 0.6) is 0 Å². The molecule has 0 aliphatic rings. The number of hydrogen-bond donors (Lipinski definition) is 0. The van der Waals surface area contributed by atoms with E-state index in [0.29, 0.717) is 19.3 Å². The van der Waals surface area contributed by atoms with Crippen LogP contribution in [0.3, 0.4) is 0 Å². The number of hydrogen-bond acceptors (Lipinski definition) is 6. The number of carbonyl (C=O) groups excluding carboxylic acids is 3. The standard InChI is InChI=1S/C74H130O6/c1-4-7-10-13-16-18-20-22-24-26-28-30-32-33-34-35-36-37-38-39-40-41-43-44-46-48-50-52-54-56-58-61-64-67-73(76)79-70-71(69-78-72(75)66-63-60-15-12-9-6-3)80-74(77)68-65-62-59-57-55-53-51-49-47-45-42-31-29-27-25-23-21-19-17-14-11-8-5-2/h8,11,17,19,23,25,29,31,45,47,51,53,57,59,71H,4-7,9-10,12-16,18,20-22,24,26-28,30,32-44,46,48-50,52,54-56,58,60-70H2,1-3H3/b11-8-,19-17-,25-23-,31-29-,47-45-,53-51-,59-57-. The van der Waals surface area contributed by atoms with Crippen LogP contribution in [0, 0.1) is 0 Å². The summed E-state index contributed by atoms with van der Waals surface area (Å²) < 4.78 is 16.8. The van der Waals surface area contributed by atoms with Gasteiger partial charge >= 0.3 is 17.9 Å². The van der Waals surface area contributed by atoms with E-state index in [9.17, 15) is 14.4 Å². The normalized spacial score (nSPS) is 12.6. The van der Waals surface area contributed by atoms with E-state index in [1.54, 1.807) is 0 Å². The monoisotopic (exact) mass is 1110 g/mol. The zero-order valence-corrected chi connectivity index (χ0v) is 53.1. The van der Waals surface area contributed by atoms with Gasteiger partial charge in [0.2, 0.25) is 0 Å². The van der Waals surface area contributed by atoms with E-state index in [0.717, 1.165) is 89.9 Å². The minimum absolute atomic E-state index is 0.0968. The summed E-state index contributed by atoms with van der Waals surface area (Å²) in [6.07, 6.45) is 91.0. The number of allylic oxidation sites excluding steroid dienone is 14. The van der Waals surface area contributed by atoms with Crippen LogP contribution in [0.15, 0.2) is 85.1 Å². The molecule has 462 valence electrons. The van der Waals surface area contributed by atoms with E-state index in [2.05, 4.69) is 106 Å². The predicted molar refractivity (Wildman–Crippen MR) is 348 cm³/mol. The van der Waals surface area contributed by atoms with Gasteiger partial charge in [-0.05, 0) is 70.6 Å². The van der Waals surface area contributed by atoms with E-state index in [4.69, 9.17) is 14.2 Å². The van der Waals surface area contributed by atoms with Crippen molar-refractivity contribution in [1.82, 2.24) is 0 Å². The van der Waals surface area contributed by atoms with Crippen molar-refractivity contribution in [3.8, 4) is 0 Å². The lowest BCUT2D eigenvalue weighted by Crippen LogP contribution is -2.30. The fourth-order valence-corrected chi connectivity index (χ4v) is 10.0. The maximum atomic E-state index is 12.8. The number of rotatable bonds is 63. The fourth-order valence-electron chi connectivity index (χ4n) is 10.0. The van der Waals surface area contributed by atoms with Gasteiger partial charge < -0.3 is 14.2 Å². The molecule has 0 heterocycles. The maximum Gasteiger partial charge on any atom is 0.306 e. The molecule has 6 nitrogen and oxygen atoms in total. The first-order valence-corrected chi connectivity index (χ1v) is 34.6. The Morgan fingerprint density at radius 1 is 0.263 bits per heavy atom. The first kappa shape index (κ1) is 76.6. The molecule has 0 N–H and O–H groups in total. The van der Waals surface area contributed by atoms with Crippen LogP contribution in [0.4, 0.5) is 0 Å². The summed E-state index contributed by atoms with van der Waals surface area (Å²) in [6.45, 7) is 6.46. The van der Waals surface area contributed by atoms with Crippen LogP contribution < -0.4 is 0 Å². The molecule has 0 saturated heterocycles. The average Bonchev–Trinajstić information content (AvgIpc) is 3.46. The lowest BCUT2D eigenvalue weighted by molar-refractivity contribution is -0.167. The Labute approximate surface area is 496 Å². The van der Waals surface area contributed by atoms with Crippen molar-refractivity contribution in [1.29, 1.82) is 0 Å². The van der Waals surface area contributed by atoms with Crippen LogP contribution in [-0.4, -0.2) is 37.2 Å². The van der Waals surface area contributed by atoms with Crippen molar-refractivity contribution >= 4 is 17.9 Å². The van der Waals surface area contributed by atoms with Gasteiger partial charge in [0.25, 0.3) is 0 Å². The molecule has 0 fully saturated rings. The third-order valence-corrected chi connectivity index (χ3v) is 15.2. The topological polar surface area (TPSA) is 78.9 Å². The highest BCUT2D eigenvalue weighted by atomic mass is 16.6. The van der Waals surface area contributed by atoms with E-state index in [-0.39, 0.29) is 37.5 Å². The second kappa shape index (κ2) is 68.1. The van der Waals surface area contributed by atoms with Crippen molar-refractivity contribution in [3.63, 3.8) is 0 Å².